The summed E-state index contributed by atoms with van der Waals surface area (Å²) in [7, 11) is 0. The first-order valence-electron chi connectivity index (χ1n) is 2.92. The molecule has 0 radical (unpaired) electrons. The Balaban J connectivity index is 3.69. The molecule has 1 atom stereocenters. The molecule has 0 aliphatic carbocycles. The SMILES string of the molecule is O=C(NC[C@H](O)C(=O)O)C(F)F. The summed E-state index contributed by atoms with van der Waals surface area (Å²) in [6.45, 7) is -0.724. The molecule has 7 heteroatoms. The standard InChI is InChI=1S/C5H7F2NO4/c6-3(7)4(10)8-1-2(9)5(11)12/h2-3,9H,1H2,(H,8,10)(H,11,12)/t2-/m0/s1. The van der Waals surface area contributed by atoms with E-state index >= 15 is 0 Å². The van der Waals surface area contributed by atoms with E-state index < -0.39 is 31.0 Å². The monoisotopic (exact) mass is 183 g/mol. The minimum Gasteiger partial charge on any atom is -0.479 e. The molecule has 0 aromatic rings. The molecule has 70 valence electrons. The number of carboxylic acids is 1. The Kier molecular flexibility index (Phi) is 4.12. The van der Waals surface area contributed by atoms with Crippen LogP contribution >= 0.6 is 0 Å². The third-order valence-corrected chi connectivity index (χ3v) is 0.953. The van der Waals surface area contributed by atoms with Crippen LogP contribution in [0.15, 0.2) is 0 Å². The molecular formula is C5H7F2NO4. The Hall–Kier alpha value is -1.24. The van der Waals surface area contributed by atoms with E-state index in [1.165, 1.54) is 0 Å². The number of aliphatic carboxylic acids is 1. The Bertz CT molecular complexity index is 184. The summed E-state index contributed by atoms with van der Waals surface area (Å²) in [5.41, 5.74) is 0. The van der Waals surface area contributed by atoms with Crippen LogP contribution < -0.4 is 5.32 Å². The van der Waals surface area contributed by atoms with E-state index in [-0.39, 0.29) is 0 Å². The quantitative estimate of drug-likeness (QED) is 0.511. The maximum absolute atomic E-state index is 11.4. The molecule has 0 saturated carbocycles. The second-order valence-corrected chi connectivity index (χ2v) is 1.90. The fourth-order valence-corrected chi connectivity index (χ4v) is 0.362. The molecule has 3 N–H and O–H groups in total. The molecule has 12 heavy (non-hydrogen) atoms. The summed E-state index contributed by atoms with van der Waals surface area (Å²) in [6.07, 6.45) is -5.06. The van der Waals surface area contributed by atoms with Crippen LogP contribution in [0.1, 0.15) is 0 Å². The molecule has 0 spiro atoms. The number of hydrogen-bond donors (Lipinski definition) is 3. The zero-order chi connectivity index (χ0) is 9.72. The van der Waals surface area contributed by atoms with E-state index in [2.05, 4.69) is 0 Å². The van der Waals surface area contributed by atoms with Gasteiger partial charge < -0.3 is 15.5 Å². The van der Waals surface area contributed by atoms with Gasteiger partial charge in [-0.15, -0.1) is 0 Å². The zero-order valence-electron chi connectivity index (χ0n) is 5.83. The molecule has 0 saturated heterocycles. The number of carboxylic acid groups (broad SMARTS) is 1. The maximum atomic E-state index is 11.4. The second-order valence-electron chi connectivity index (χ2n) is 1.90. The van der Waals surface area contributed by atoms with Gasteiger partial charge in [0.2, 0.25) is 0 Å². The molecule has 0 aromatic carbocycles. The predicted molar refractivity (Wildman–Crippen MR) is 32.7 cm³/mol. The molecule has 0 heterocycles. The summed E-state index contributed by atoms with van der Waals surface area (Å²) >= 11 is 0. The van der Waals surface area contributed by atoms with Crippen LogP contribution in [0.5, 0.6) is 0 Å². The van der Waals surface area contributed by atoms with Crippen LogP contribution in [-0.4, -0.2) is 41.2 Å². The first-order chi connectivity index (χ1) is 5.45. The number of aliphatic hydroxyl groups is 1. The average Bonchev–Trinajstić information content (AvgIpc) is 1.98. The predicted octanol–water partition coefficient (Wildman–Crippen LogP) is -1.19. The summed E-state index contributed by atoms with van der Waals surface area (Å²) in [4.78, 5) is 20.0. The number of alkyl halides is 2. The Morgan fingerprint density at radius 1 is 1.42 bits per heavy atom. The van der Waals surface area contributed by atoms with E-state index in [1.807, 2.05) is 0 Å². The molecule has 0 unspecified atom stereocenters. The van der Waals surface area contributed by atoms with E-state index in [9.17, 15) is 18.4 Å². The number of carbonyl (C=O) groups is 2. The van der Waals surface area contributed by atoms with Gasteiger partial charge in [-0.25, -0.2) is 4.79 Å². The largest absolute Gasteiger partial charge is 0.479 e. The number of nitrogens with one attached hydrogen (secondary N) is 1. The highest BCUT2D eigenvalue weighted by atomic mass is 19.3. The minimum atomic E-state index is -3.20. The van der Waals surface area contributed by atoms with Crippen molar-refractivity contribution in [3.8, 4) is 0 Å². The molecule has 0 rings (SSSR count). The van der Waals surface area contributed by atoms with Gasteiger partial charge >= 0.3 is 12.4 Å². The van der Waals surface area contributed by atoms with E-state index in [1.54, 1.807) is 5.32 Å². The van der Waals surface area contributed by atoms with Gasteiger partial charge in [-0.05, 0) is 0 Å². The van der Waals surface area contributed by atoms with Gasteiger partial charge in [-0.2, -0.15) is 8.78 Å². The van der Waals surface area contributed by atoms with Crippen molar-refractivity contribution in [2.45, 2.75) is 12.5 Å². The number of rotatable bonds is 4. The number of hydrogen-bond acceptors (Lipinski definition) is 3. The zero-order valence-corrected chi connectivity index (χ0v) is 5.83. The van der Waals surface area contributed by atoms with Crippen molar-refractivity contribution in [2.75, 3.05) is 6.54 Å². The number of halogens is 2. The van der Waals surface area contributed by atoms with Crippen LogP contribution in [0.25, 0.3) is 0 Å². The van der Waals surface area contributed by atoms with Crippen molar-refractivity contribution in [2.24, 2.45) is 0 Å². The molecular weight excluding hydrogens is 176 g/mol. The topological polar surface area (TPSA) is 86.6 Å². The lowest BCUT2D eigenvalue weighted by Gasteiger charge is -2.06. The van der Waals surface area contributed by atoms with Gasteiger partial charge in [0, 0.05) is 0 Å². The average molecular weight is 183 g/mol. The lowest BCUT2D eigenvalue weighted by molar-refractivity contribution is -0.146. The third-order valence-electron chi connectivity index (χ3n) is 0.953. The normalized spacial score (nSPS) is 12.7. The molecule has 5 nitrogen and oxygen atoms in total. The van der Waals surface area contributed by atoms with Gasteiger partial charge in [0.05, 0.1) is 6.54 Å². The van der Waals surface area contributed by atoms with Crippen molar-refractivity contribution < 1.29 is 28.6 Å². The van der Waals surface area contributed by atoms with Crippen molar-refractivity contribution in [3.63, 3.8) is 0 Å². The summed E-state index contributed by atoms with van der Waals surface area (Å²) < 4.78 is 22.9. The molecule has 0 aliphatic heterocycles. The summed E-state index contributed by atoms with van der Waals surface area (Å²) in [5.74, 6) is -3.18. The first kappa shape index (κ1) is 10.8. The highest BCUT2D eigenvalue weighted by molar-refractivity contribution is 5.80. The fraction of sp³-hybridized carbons (Fsp3) is 0.600. The van der Waals surface area contributed by atoms with Gasteiger partial charge in [-0.1, -0.05) is 0 Å². The van der Waals surface area contributed by atoms with Gasteiger partial charge in [0.1, 0.15) is 0 Å². The summed E-state index contributed by atoms with van der Waals surface area (Å²) in [6, 6.07) is 0. The van der Waals surface area contributed by atoms with Crippen LogP contribution in [0.2, 0.25) is 0 Å². The lowest BCUT2D eigenvalue weighted by Crippen LogP contribution is -2.39. The van der Waals surface area contributed by atoms with Crippen LogP contribution in [-0.2, 0) is 9.59 Å². The van der Waals surface area contributed by atoms with Crippen LogP contribution in [0, 0.1) is 0 Å². The van der Waals surface area contributed by atoms with E-state index in [0.29, 0.717) is 0 Å². The van der Waals surface area contributed by atoms with Crippen molar-refractivity contribution >= 4 is 11.9 Å². The van der Waals surface area contributed by atoms with Crippen molar-refractivity contribution in [1.82, 2.24) is 5.32 Å². The Morgan fingerprint density at radius 2 is 1.92 bits per heavy atom. The molecule has 0 aromatic heterocycles. The van der Waals surface area contributed by atoms with Crippen LogP contribution in [0.4, 0.5) is 8.78 Å². The number of aliphatic hydroxyl groups excluding tert-OH is 1. The molecule has 1 amide bonds. The van der Waals surface area contributed by atoms with Crippen molar-refractivity contribution in [1.29, 1.82) is 0 Å². The van der Waals surface area contributed by atoms with Crippen molar-refractivity contribution in [3.05, 3.63) is 0 Å². The molecule has 0 bridgehead atoms. The molecule has 0 fully saturated rings. The highest BCUT2D eigenvalue weighted by Crippen LogP contribution is 1.90. The number of carbonyl (C=O) groups excluding carboxylic acids is 1. The number of amides is 1. The maximum Gasteiger partial charge on any atom is 0.334 e. The second kappa shape index (κ2) is 4.60. The van der Waals surface area contributed by atoms with Gasteiger partial charge in [0.15, 0.2) is 6.10 Å². The summed E-state index contributed by atoms with van der Waals surface area (Å²) in [5, 5.41) is 18.1. The first-order valence-corrected chi connectivity index (χ1v) is 2.92. The Labute approximate surface area is 66.0 Å². The Morgan fingerprint density at radius 3 is 2.25 bits per heavy atom. The highest BCUT2D eigenvalue weighted by Gasteiger charge is 2.18. The van der Waals surface area contributed by atoms with E-state index in [0.717, 1.165) is 0 Å². The minimum absolute atomic E-state index is 0.724. The van der Waals surface area contributed by atoms with Gasteiger partial charge in [-0.3, -0.25) is 4.79 Å². The molecule has 0 aliphatic rings. The van der Waals surface area contributed by atoms with Crippen LogP contribution in [0.3, 0.4) is 0 Å². The van der Waals surface area contributed by atoms with E-state index in [4.69, 9.17) is 10.2 Å². The smallest absolute Gasteiger partial charge is 0.334 e. The fourth-order valence-electron chi connectivity index (χ4n) is 0.362. The lowest BCUT2D eigenvalue weighted by atomic mass is 10.3. The third kappa shape index (κ3) is 3.81. The van der Waals surface area contributed by atoms with Gasteiger partial charge in [0.25, 0.3) is 5.91 Å².